The van der Waals surface area contributed by atoms with Crippen molar-refractivity contribution < 1.29 is 16.8 Å². The van der Waals surface area contributed by atoms with Crippen LogP contribution in [0.2, 0.25) is 5.02 Å². The van der Waals surface area contributed by atoms with E-state index in [4.69, 9.17) is 22.3 Å². The van der Waals surface area contributed by atoms with Gasteiger partial charge in [0.2, 0.25) is 0 Å². The molecule has 4 nitrogen and oxygen atoms in total. The summed E-state index contributed by atoms with van der Waals surface area (Å²) in [6.45, 7) is 1.44. The van der Waals surface area contributed by atoms with Crippen molar-refractivity contribution in [1.29, 1.82) is 0 Å². The lowest BCUT2D eigenvalue weighted by molar-refractivity contribution is 0.597. The van der Waals surface area contributed by atoms with Crippen LogP contribution in [0.25, 0.3) is 0 Å². The van der Waals surface area contributed by atoms with Crippen LogP contribution < -0.4 is 0 Å². The summed E-state index contributed by atoms with van der Waals surface area (Å²) in [7, 11) is -2.42. The van der Waals surface area contributed by atoms with Gasteiger partial charge in [0.1, 0.15) is 0 Å². The van der Waals surface area contributed by atoms with Crippen molar-refractivity contribution in [2.24, 2.45) is 0 Å². The maximum Gasteiger partial charge on any atom is 0.261 e. The molecule has 16 heavy (non-hydrogen) atoms. The van der Waals surface area contributed by atoms with E-state index in [9.17, 15) is 16.8 Å². The van der Waals surface area contributed by atoms with Gasteiger partial charge in [-0.2, -0.15) is 0 Å². The third kappa shape index (κ3) is 2.88. The van der Waals surface area contributed by atoms with Crippen LogP contribution in [0.15, 0.2) is 28.0 Å². The average Bonchev–Trinajstić information content (AvgIpc) is 2.16. The fraction of sp³-hybridized carbons (Fsp3) is 0.250. The molecule has 0 atom stereocenters. The Kier molecular flexibility index (Phi) is 3.89. The highest BCUT2D eigenvalue weighted by Crippen LogP contribution is 2.27. The van der Waals surface area contributed by atoms with Crippen molar-refractivity contribution in [3.05, 3.63) is 23.2 Å². The molecule has 0 aliphatic rings. The molecule has 90 valence electrons. The van der Waals surface area contributed by atoms with Crippen molar-refractivity contribution in [3.8, 4) is 0 Å². The Morgan fingerprint density at radius 1 is 1.19 bits per heavy atom. The molecule has 0 saturated heterocycles. The van der Waals surface area contributed by atoms with E-state index in [-0.39, 0.29) is 20.6 Å². The number of rotatable bonds is 3. The lowest BCUT2D eigenvalue weighted by Gasteiger charge is -2.05. The molecule has 0 aliphatic carbocycles. The first-order valence-electron chi connectivity index (χ1n) is 4.15. The smallest absolute Gasteiger partial charge is 0.224 e. The molecule has 1 aromatic carbocycles. The molecule has 0 N–H and O–H groups in total. The summed E-state index contributed by atoms with van der Waals surface area (Å²) in [4.78, 5) is -0.510. The van der Waals surface area contributed by atoms with Gasteiger partial charge in [-0.3, -0.25) is 0 Å². The largest absolute Gasteiger partial charge is 0.261 e. The SMILES string of the molecule is CCS(=O)(=O)c1cc(S(=O)(=O)Cl)ccc1Cl. The van der Waals surface area contributed by atoms with Crippen molar-refractivity contribution in [3.63, 3.8) is 0 Å². The topological polar surface area (TPSA) is 68.3 Å². The van der Waals surface area contributed by atoms with Gasteiger partial charge in [0.25, 0.3) is 9.05 Å². The maximum absolute atomic E-state index is 11.6. The first-order chi connectivity index (χ1) is 7.18. The normalized spacial score (nSPS) is 12.7. The quantitative estimate of drug-likeness (QED) is 0.802. The first kappa shape index (κ1) is 13.8. The number of benzene rings is 1. The summed E-state index contributed by atoms with van der Waals surface area (Å²) in [6, 6.07) is 3.31. The second-order valence-electron chi connectivity index (χ2n) is 2.93. The van der Waals surface area contributed by atoms with Crippen LogP contribution in [-0.2, 0) is 18.9 Å². The summed E-state index contributed by atoms with van der Waals surface area (Å²) in [6.07, 6.45) is 0. The minimum Gasteiger partial charge on any atom is -0.224 e. The van der Waals surface area contributed by atoms with Gasteiger partial charge in [0, 0.05) is 10.7 Å². The fourth-order valence-corrected chi connectivity index (χ4v) is 3.33. The van der Waals surface area contributed by atoms with Gasteiger partial charge in [-0.05, 0) is 18.2 Å². The van der Waals surface area contributed by atoms with Crippen molar-refractivity contribution in [1.82, 2.24) is 0 Å². The highest BCUT2D eigenvalue weighted by molar-refractivity contribution is 8.13. The Bertz CT molecular complexity index is 605. The lowest BCUT2D eigenvalue weighted by Crippen LogP contribution is -2.05. The second kappa shape index (κ2) is 4.52. The zero-order valence-corrected chi connectivity index (χ0v) is 11.3. The third-order valence-electron chi connectivity index (χ3n) is 1.90. The first-order valence-corrected chi connectivity index (χ1v) is 8.49. The van der Waals surface area contributed by atoms with Gasteiger partial charge in [0.05, 0.1) is 20.6 Å². The molecule has 0 heterocycles. The molecule has 0 saturated carbocycles. The molecule has 0 radical (unpaired) electrons. The summed E-state index contributed by atoms with van der Waals surface area (Å²) in [5.74, 6) is -0.168. The van der Waals surface area contributed by atoms with E-state index >= 15 is 0 Å². The van der Waals surface area contributed by atoms with Crippen LogP contribution in [0, 0.1) is 0 Å². The fourth-order valence-electron chi connectivity index (χ4n) is 1.03. The molecule has 8 heteroatoms. The van der Waals surface area contributed by atoms with Gasteiger partial charge in [-0.25, -0.2) is 16.8 Å². The van der Waals surface area contributed by atoms with E-state index < -0.39 is 18.9 Å². The maximum atomic E-state index is 11.6. The van der Waals surface area contributed by atoms with Crippen LogP contribution in [-0.4, -0.2) is 22.6 Å². The summed E-state index contributed by atoms with van der Waals surface area (Å²) < 4.78 is 45.2. The highest BCUT2D eigenvalue weighted by atomic mass is 35.7. The minimum absolute atomic E-state index is 0.0223. The van der Waals surface area contributed by atoms with Crippen LogP contribution in [0.4, 0.5) is 0 Å². The van der Waals surface area contributed by atoms with E-state index in [0.717, 1.165) is 12.1 Å². The third-order valence-corrected chi connectivity index (χ3v) is 5.46. The van der Waals surface area contributed by atoms with Gasteiger partial charge >= 0.3 is 0 Å². The van der Waals surface area contributed by atoms with Crippen molar-refractivity contribution in [2.45, 2.75) is 16.7 Å². The number of hydrogen-bond donors (Lipinski definition) is 0. The van der Waals surface area contributed by atoms with Crippen LogP contribution in [0.1, 0.15) is 6.92 Å². The van der Waals surface area contributed by atoms with Crippen LogP contribution >= 0.6 is 22.3 Å². The Morgan fingerprint density at radius 2 is 1.75 bits per heavy atom. The molecule has 0 bridgehead atoms. The minimum atomic E-state index is -3.96. The molecular formula is C8H8Cl2O4S2. The number of hydrogen-bond acceptors (Lipinski definition) is 4. The van der Waals surface area contributed by atoms with Crippen molar-refractivity contribution in [2.75, 3.05) is 5.75 Å². The molecule has 0 spiro atoms. The van der Waals surface area contributed by atoms with Crippen LogP contribution in [0.5, 0.6) is 0 Å². The molecule has 0 aromatic heterocycles. The monoisotopic (exact) mass is 302 g/mol. The molecule has 0 amide bonds. The van der Waals surface area contributed by atoms with Gasteiger partial charge < -0.3 is 0 Å². The number of sulfone groups is 1. The summed E-state index contributed by atoms with van der Waals surface area (Å²) in [5.41, 5.74) is 0. The summed E-state index contributed by atoms with van der Waals surface area (Å²) in [5, 5.41) is -0.0223. The standard InChI is InChI=1S/C8H8Cl2O4S2/c1-2-15(11,12)8-5-6(16(10,13)14)3-4-7(8)9/h3-5H,2H2,1H3. The Balaban J connectivity index is 3.54. The summed E-state index contributed by atoms with van der Waals surface area (Å²) >= 11 is 5.69. The van der Waals surface area contributed by atoms with Crippen LogP contribution in [0.3, 0.4) is 0 Å². The highest BCUT2D eigenvalue weighted by Gasteiger charge is 2.19. The number of halogens is 2. The van der Waals surface area contributed by atoms with Gasteiger partial charge in [-0.15, -0.1) is 0 Å². The van der Waals surface area contributed by atoms with Gasteiger partial charge in [0.15, 0.2) is 9.84 Å². The second-order valence-corrected chi connectivity index (χ2v) is 8.15. The van der Waals surface area contributed by atoms with E-state index in [1.54, 1.807) is 0 Å². The molecule has 0 fully saturated rings. The predicted octanol–water partition coefficient (Wildman–Crippen LogP) is 2.06. The van der Waals surface area contributed by atoms with Crippen molar-refractivity contribution >= 4 is 41.2 Å². The molecular weight excluding hydrogens is 295 g/mol. The Hall–Kier alpha value is -0.300. The molecule has 1 rings (SSSR count). The van der Waals surface area contributed by atoms with E-state index in [1.807, 2.05) is 0 Å². The zero-order valence-electron chi connectivity index (χ0n) is 8.14. The van der Waals surface area contributed by atoms with E-state index in [1.165, 1.54) is 13.0 Å². The predicted molar refractivity (Wildman–Crippen MR) is 62.2 cm³/mol. The Morgan fingerprint density at radius 3 is 2.19 bits per heavy atom. The zero-order chi connectivity index (χ0) is 12.6. The van der Waals surface area contributed by atoms with E-state index in [2.05, 4.69) is 0 Å². The van der Waals surface area contributed by atoms with E-state index in [0.29, 0.717) is 0 Å². The molecule has 1 aromatic rings. The average molecular weight is 303 g/mol. The van der Waals surface area contributed by atoms with Gasteiger partial charge in [-0.1, -0.05) is 18.5 Å². The molecule has 0 unspecified atom stereocenters. The lowest BCUT2D eigenvalue weighted by atomic mass is 10.4. The Labute approximate surface area is 104 Å². The molecule has 0 aliphatic heterocycles.